The lowest BCUT2D eigenvalue weighted by molar-refractivity contribution is -0.116. The Morgan fingerprint density at radius 1 is 1.17 bits per heavy atom. The molecule has 1 saturated heterocycles. The van der Waals surface area contributed by atoms with Gasteiger partial charge in [-0.3, -0.25) is 4.79 Å². The topological polar surface area (TPSA) is 88.2 Å². The molecule has 1 aliphatic heterocycles. The molecule has 0 saturated carbocycles. The Bertz CT molecular complexity index is 944. The van der Waals surface area contributed by atoms with Gasteiger partial charge in [0, 0.05) is 31.5 Å². The fraction of sp³-hybridized carbons (Fsp3) is 0.350. The van der Waals surface area contributed by atoms with Crippen molar-refractivity contribution in [1.29, 1.82) is 0 Å². The van der Waals surface area contributed by atoms with E-state index in [1.54, 1.807) is 24.1 Å². The highest BCUT2D eigenvalue weighted by molar-refractivity contribution is 7.89. The van der Waals surface area contributed by atoms with Gasteiger partial charge in [-0.2, -0.15) is 4.31 Å². The van der Waals surface area contributed by atoms with E-state index in [1.807, 2.05) is 30.3 Å². The second-order valence-corrected chi connectivity index (χ2v) is 8.43. The number of carbonyl (C=O) groups is 1. The monoisotopic (exact) mass is 419 g/mol. The number of morpholine rings is 1. The van der Waals surface area contributed by atoms with Crippen molar-refractivity contribution in [2.75, 3.05) is 57.2 Å². The lowest BCUT2D eigenvalue weighted by Gasteiger charge is -2.27. The molecule has 8 nitrogen and oxygen atoms in total. The number of hydrogen-bond donors (Lipinski definition) is 1. The SMILES string of the molecule is COc1ccc(NCC(=O)N(C)c2ccccc2)cc1S(=O)(=O)N1CCOCC1. The Morgan fingerprint density at radius 3 is 2.52 bits per heavy atom. The molecule has 156 valence electrons. The van der Waals surface area contributed by atoms with E-state index in [4.69, 9.17) is 9.47 Å². The molecule has 1 fully saturated rings. The van der Waals surface area contributed by atoms with E-state index in [9.17, 15) is 13.2 Å². The van der Waals surface area contributed by atoms with Crippen LogP contribution in [0.5, 0.6) is 5.75 Å². The van der Waals surface area contributed by atoms with Crippen LogP contribution in [0, 0.1) is 0 Å². The van der Waals surface area contributed by atoms with Gasteiger partial charge in [0.1, 0.15) is 10.6 Å². The molecule has 1 N–H and O–H groups in total. The average Bonchev–Trinajstić information content (AvgIpc) is 2.77. The van der Waals surface area contributed by atoms with Crippen LogP contribution in [0.2, 0.25) is 0 Å². The van der Waals surface area contributed by atoms with Gasteiger partial charge in [0.15, 0.2) is 0 Å². The Morgan fingerprint density at radius 2 is 1.86 bits per heavy atom. The van der Waals surface area contributed by atoms with E-state index in [1.165, 1.54) is 17.5 Å². The van der Waals surface area contributed by atoms with Gasteiger partial charge in [-0.1, -0.05) is 18.2 Å². The van der Waals surface area contributed by atoms with Crippen LogP contribution in [0.3, 0.4) is 0 Å². The zero-order chi connectivity index (χ0) is 20.9. The zero-order valence-corrected chi connectivity index (χ0v) is 17.3. The van der Waals surface area contributed by atoms with Crippen LogP contribution in [0.4, 0.5) is 11.4 Å². The third kappa shape index (κ3) is 4.87. The van der Waals surface area contributed by atoms with E-state index in [2.05, 4.69) is 5.32 Å². The molecular weight excluding hydrogens is 394 g/mol. The Hall–Kier alpha value is -2.62. The number of nitrogens with one attached hydrogen (secondary N) is 1. The standard InChI is InChI=1S/C20H25N3O5S/c1-22(17-6-4-3-5-7-17)20(24)15-21-16-8-9-18(27-2)19(14-16)29(25,26)23-10-12-28-13-11-23/h3-9,14,21H,10-13,15H2,1-2H3. The van der Waals surface area contributed by atoms with E-state index >= 15 is 0 Å². The van der Waals surface area contributed by atoms with Gasteiger partial charge in [-0.05, 0) is 30.3 Å². The second kappa shape index (κ2) is 9.25. The van der Waals surface area contributed by atoms with Crippen LogP contribution in [-0.4, -0.2) is 65.6 Å². The molecule has 0 aromatic heterocycles. The molecule has 0 bridgehead atoms. The first-order chi connectivity index (χ1) is 13.9. The van der Waals surface area contributed by atoms with Crippen molar-refractivity contribution in [3.05, 3.63) is 48.5 Å². The van der Waals surface area contributed by atoms with Gasteiger partial charge in [-0.15, -0.1) is 0 Å². The molecule has 2 aromatic rings. The summed E-state index contributed by atoms with van der Waals surface area (Å²) in [6.45, 7) is 1.33. The summed E-state index contributed by atoms with van der Waals surface area (Å²) >= 11 is 0. The number of sulfonamides is 1. The van der Waals surface area contributed by atoms with E-state index in [0.29, 0.717) is 32.0 Å². The minimum atomic E-state index is -3.73. The summed E-state index contributed by atoms with van der Waals surface area (Å²) in [4.78, 5) is 14.1. The molecule has 3 rings (SSSR count). The van der Waals surface area contributed by atoms with Crippen molar-refractivity contribution in [3.8, 4) is 5.75 Å². The van der Waals surface area contributed by atoms with Crippen molar-refractivity contribution >= 4 is 27.3 Å². The van der Waals surface area contributed by atoms with E-state index in [-0.39, 0.29) is 23.1 Å². The van der Waals surface area contributed by atoms with Crippen LogP contribution in [-0.2, 0) is 19.6 Å². The van der Waals surface area contributed by atoms with E-state index in [0.717, 1.165) is 5.69 Å². The maximum absolute atomic E-state index is 13.0. The number of carbonyl (C=O) groups excluding carboxylic acids is 1. The van der Waals surface area contributed by atoms with Gasteiger partial charge in [-0.25, -0.2) is 8.42 Å². The van der Waals surface area contributed by atoms with Crippen molar-refractivity contribution in [2.24, 2.45) is 0 Å². The zero-order valence-electron chi connectivity index (χ0n) is 16.5. The van der Waals surface area contributed by atoms with Crippen molar-refractivity contribution in [1.82, 2.24) is 4.31 Å². The summed E-state index contributed by atoms with van der Waals surface area (Å²) in [5.74, 6) is 0.111. The third-order valence-corrected chi connectivity index (χ3v) is 6.63. The number of nitrogens with zero attached hydrogens (tertiary/aromatic N) is 2. The fourth-order valence-electron chi connectivity index (χ4n) is 3.01. The minimum Gasteiger partial charge on any atom is -0.495 e. The lowest BCUT2D eigenvalue weighted by Crippen LogP contribution is -2.40. The molecular formula is C20H25N3O5S. The molecule has 1 amide bonds. The van der Waals surface area contributed by atoms with Crippen molar-refractivity contribution in [2.45, 2.75) is 4.90 Å². The normalized spacial score (nSPS) is 15.0. The highest BCUT2D eigenvalue weighted by Crippen LogP contribution is 2.30. The number of anilines is 2. The predicted molar refractivity (Wildman–Crippen MR) is 111 cm³/mol. The maximum Gasteiger partial charge on any atom is 0.246 e. The van der Waals surface area contributed by atoms with Gasteiger partial charge in [0.05, 0.1) is 26.9 Å². The summed E-state index contributed by atoms with van der Waals surface area (Å²) in [5, 5.41) is 3.01. The Balaban J connectivity index is 1.75. The average molecular weight is 420 g/mol. The first-order valence-corrected chi connectivity index (χ1v) is 10.7. The Labute approximate surface area is 171 Å². The van der Waals surface area contributed by atoms with Crippen LogP contribution in [0.25, 0.3) is 0 Å². The molecule has 0 radical (unpaired) electrons. The maximum atomic E-state index is 13.0. The van der Waals surface area contributed by atoms with Crippen LogP contribution in [0.15, 0.2) is 53.4 Å². The highest BCUT2D eigenvalue weighted by Gasteiger charge is 2.29. The Kier molecular flexibility index (Phi) is 6.73. The quantitative estimate of drug-likeness (QED) is 0.736. The molecule has 1 heterocycles. The first kappa shape index (κ1) is 21.1. The third-order valence-electron chi connectivity index (χ3n) is 4.71. The van der Waals surface area contributed by atoms with Gasteiger partial charge in [0.2, 0.25) is 15.9 Å². The number of rotatable bonds is 7. The number of likely N-dealkylation sites (N-methyl/N-ethyl adjacent to an activating group) is 1. The summed E-state index contributed by atoms with van der Waals surface area (Å²) in [6, 6.07) is 14.1. The lowest BCUT2D eigenvalue weighted by atomic mass is 10.3. The predicted octanol–water partition coefficient (Wildman–Crippen LogP) is 1.79. The summed E-state index contributed by atoms with van der Waals surface area (Å²) in [5.41, 5.74) is 1.30. The number of para-hydroxylation sites is 1. The number of amides is 1. The van der Waals surface area contributed by atoms with Crippen molar-refractivity contribution < 1.29 is 22.7 Å². The molecule has 0 spiro atoms. The molecule has 0 atom stereocenters. The minimum absolute atomic E-state index is 0.0226. The van der Waals surface area contributed by atoms with Gasteiger partial charge < -0.3 is 19.7 Å². The number of hydrogen-bond acceptors (Lipinski definition) is 6. The highest BCUT2D eigenvalue weighted by atomic mass is 32.2. The smallest absolute Gasteiger partial charge is 0.246 e. The van der Waals surface area contributed by atoms with Gasteiger partial charge >= 0.3 is 0 Å². The second-order valence-electron chi connectivity index (χ2n) is 6.52. The number of ether oxygens (including phenoxy) is 2. The molecule has 1 aliphatic rings. The summed E-state index contributed by atoms with van der Waals surface area (Å²) in [7, 11) is -0.606. The number of methoxy groups -OCH3 is 1. The first-order valence-electron chi connectivity index (χ1n) is 9.25. The molecule has 0 aliphatic carbocycles. The molecule has 0 unspecified atom stereocenters. The van der Waals surface area contributed by atoms with E-state index < -0.39 is 10.0 Å². The van der Waals surface area contributed by atoms with Gasteiger partial charge in [0.25, 0.3) is 0 Å². The number of benzene rings is 2. The van der Waals surface area contributed by atoms with Crippen LogP contribution in [0.1, 0.15) is 0 Å². The largest absolute Gasteiger partial charge is 0.495 e. The molecule has 2 aromatic carbocycles. The summed E-state index contributed by atoms with van der Waals surface area (Å²) < 4.78 is 38.0. The summed E-state index contributed by atoms with van der Waals surface area (Å²) in [6.07, 6.45) is 0. The van der Waals surface area contributed by atoms with Crippen LogP contribution >= 0.6 is 0 Å². The molecule has 9 heteroatoms. The van der Waals surface area contributed by atoms with Crippen LogP contribution < -0.4 is 15.0 Å². The van der Waals surface area contributed by atoms with Crippen molar-refractivity contribution in [3.63, 3.8) is 0 Å². The molecule has 29 heavy (non-hydrogen) atoms. The fourth-order valence-corrected chi connectivity index (χ4v) is 4.60.